The fraction of sp³-hybridized carbons (Fsp3) is 0.941. The Hall–Kier alpha value is -0.570. The smallest absolute Gasteiger partial charge is 0.220 e. The van der Waals surface area contributed by atoms with Crippen LogP contribution in [0.2, 0.25) is 0 Å². The molecule has 2 fully saturated rings. The molecule has 1 saturated carbocycles. The standard InChI is InChI=1S/C17H32N2O/c1-13-5-7-15(8-6-13)11-19-17(20)10-14(2)16-4-3-9-18-12-16/h13-16,18H,3-12H2,1-2H3,(H,19,20). The van der Waals surface area contributed by atoms with Crippen molar-refractivity contribution in [3.8, 4) is 0 Å². The minimum absolute atomic E-state index is 0.265. The summed E-state index contributed by atoms with van der Waals surface area (Å²) < 4.78 is 0. The van der Waals surface area contributed by atoms with Gasteiger partial charge in [0.1, 0.15) is 0 Å². The van der Waals surface area contributed by atoms with E-state index in [0.29, 0.717) is 18.3 Å². The predicted molar refractivity (Wildman–Crippen MR) is 83.5 cm³/mol. The molecular weight excluding hydrogens is 248 g/mol. The maximum Gasteiger partial charge on any atom is 0.220 e. The van der Waals surface area contributed by atoms with E-state index in [9.17, 15) is 4.79 Å². The Morgan fingerprint density at radius 3 is 2.65 bits per heavy atom. The SMILES string of the molecule is CC1CCC(CNC(=O)CC(C)C2CCCNC2)CC1. The monoisotopic (exact) mass is 280 g/mol. The van der Waals surface area contributed by atoms with E-state index in [1.54, 1.807) is 0 Å². The van der Waals surface area contributed by atoms with Crippen LogP contribution in [0.5, 0.6) is 0 Å². The lowest BCUT2D eigenvalue weighted by Gasteiger charge is -2.29. The van der Waals surface area contributed by atoms with Gasteiger partial charge < -0.3 is 10.6 Å². The van der Waals surface area contributed by atoms with Gasteiger partial charge in [0, 0.05) is 13.0 Å². The molecule has 1 saturated heterocycles. The van der Waals surface area contributed by atoms with Crippen LogP contribution in [0.25, 0.3) is 0 Å². The van der Waals surface area contributed by atoms with Gasteiger partial charge in [0.05, 0.1) is 0 Å². The number of hydrogen-bond donors (Lipinski definition) is 2. The van der Waals surface area contributed by atoms with Gasteiger partial charge in [-0.1, -0.05) is 26.7 Å². The Kier molecular flexibility index (Phi) is 6.34. The molecule has 0 aromatic carbocycles. The fourth-order valence-electron chi connectivity index (χ4n) is 3.69. The molecule has 1 aliphatic carbocycles. The summed E-state index contributed by atoms with van der Waals surface area (Å²) in [5.41, 5.74) is 0. The highest BCUT2D eigenvalue weighted by Crippen LogP contribution is 2.28. The highest BCUT2D eigenvalue weighted by molar-refractivity contribution is 5.76. The van der Waals surface area contributed by atoms with Crippen molar-refractivity contribution in [1.82, 2.24) is 10.6 Å². The van der Waals surface area contributed by atoms with Crippen LogP contribution in [0.4, 0.5) is 0 Å². The third kappa shape index (κ3) is 5.08. The minimum atomic E-state index is 0.265. The molecule has 2 atom stereocenters. The fourth-order valence-corrected chi connectivity index (χ4v) is 3.69. The normalized spacial score (nSPS) is 32.6. The molecule has 0 bridgehead atoms. The van der Waals surface area contributed by atoms with Crippen molar-refractivity contribution in [3.05, 3.63) is 0 Å². The van der Waals surface area contributed by atoms with Gasteiger partial charge in [0.2, 0.25) is 5.91 Å². The van der Waals surface area contributed by atoms with Gasteiger partial charge in [-0.2, -0.15) is 0 Å². The number of carbonyl (C=O) groups excluding carboxylic acids is 1. The summed E-state index contributed by atoms with van der Waals surface area (Å²) in [6.45, 7) is 7.72. The molecular formula is C17H32N2O. The first kappa shape index (κ1) is 15.8. The van der Waals surface area contributed by atoms with E-state index in [2.05, 4.69) is 24.5 Å². The second-order valence-corrected chi connectivity index (χ2v) is 7.22. The molecule has 20 heavy (non-hydrogen) atoms. The zero-order valence-corrected chi connectivity index (χ0v) is 13.3. The third-order valence-corrected chi connectivity index (χ3v) is 5.37. The van der Waals surface area contributed by atoms with Crippen LogP contribution in [0.3, 0.4) is 0 Å². The van der Waals surface area contributed by atoms with Gasteiger partial charge in [0.15, 0.2) is 0 Å². The molecule has 2 aliphatic rings. The summed E-state index contributed by atoms with van der Waals surface area (Å²) in [6, 6.07) is 0. The molecule has 1 heterocycles. The van der Waals surface area contributed by atoms with Crippen molar-refractivity contribution in [2.75, 3.05) is 19.6 Å². The van der Waals surface area contributed by atoms with Crippen LogP contribution < -0.4 is 10.6 Å². The number of hydrogen-bond acceptors (Lipinski definition) is 2. The van der Waals surface area contributed by atoms with Gasteiger partial charge in [0.25, 0.3) is 0 Å². The lowest BCUT2D eigenvalue weighted by atomic mass is 9.83. The Balaban J connectivity index is 1.62. The molecule has 116 valence electrons. The molecule has 1 aliphatic heterocycles. The average Bonchev–Trinajstić information content (AvgIpc) is 2.47. The Bertz CT molecular complexity index is 291. The van der Waals surface area contributed by atoms with E-state index in [1.165, 1.54) is 38.5 Å². The van der Waals surface area contributed by atoms with E-state index in [0.717, 1.165) is 31.5 Å². The number of piperidine rings is 1. The van der Waals surface area contributed by atoms with Gasteiger partial charge in [-0.25, -0.2) is 0 Å². The van der Waals surface area contributed by atoms with Gasteiger partial charge >= 0.3 is 0 Å². The molecule has 3 heteroatoms. The van der Waals surface area contributed by atoms with Crippen LogP contribution in [-0.4, -0.2) is 25.5 Å². The van der Waals surface area contributed by atoms with Crippen molar-refractivity contribution in [1.29, 1.82) is 0 Å². The van der Waals surface area contributed by atoms with E-state index in [-0.39, 0.29) is 5.91 Å². The van der Waals surface area contributed by atoms with Crippen LogP contribution in [0, 0.1) is 23.7 Å². The van der Waals surface area contributed by atoms with Crippen molar-refractivity contribution in [2.24, 2.45) is 23.7 Å². The molecule has 0 spiro atoms. The first-order valence-corrected chi connectivity index (χ1v) is 8.62. The maximum absolute atomic E-state index is 12.1. The molecule has 3 nitrogen and oxygen atoms in total. The summed E-state index contributed by atoms with van der Waals surface area (Å²) >= 11 is 0. The zero-order chi connectivity index (χ0) is 14.4. The third-order valence-electron chi connectivity index (χ3n) is 5.37. The first-order valence-electron chi connectivity index (χ1n) is 8.62. The van der Waals surface area contributed by atoms with Crippen molar-refractivity contribution >= 4 is 5.91 Å². The van der Waals surface area contributed by atoms with E-state index >= 15 is 0 Å². The maximum atomic E-state index is 12.1. The highest BCUT2D eigenvalue weighted by Gasteiger charge is 2.23. The quantitative estimate of drug-likeness (QED) is 0.813. The summed E-state index contributed by atoms with van der Waals surface area (Å²) in [5, 5.41) is 6.62. The average molecular weight is 280 g/mol. The second kappa shape index (κ2) is 8.02. The van der Waals surface area contributed by atoms with Gasteiger partial charge in [-0.05, 0) is 62.4 Å². The zero-order valence-electron chi connectivity index (χ0n) is 13.3. The van der Waals surface area contributed by atoms with Crippen molar-refractivity contribution < 1.29 is 4.79 Å². The van der Waals surface area contributed by atoms with Crippen molar-refractivity contribution in [2.45, 2.75) is 58.8 Å². The van der Waals surface area contributed by atoms with Gasteiger partial charge in [-0.3, -0.25) is 4.79 Å². The van der Waals surface area contributed by atoms with Crippen LogP contribution >= 0.6 is 0 Å². The Morgan fingerprint density at radius 2 is 2.00 bits per heavy atom. The highest BCUT2D eigenvalue weighted by atomic mass is 16.1. The lowest BCUT2D eigenvalue weighted by Crippen LogP contribution is -2.36. The molecule has 0 radical (unpaired) electrons. The molecule has 2 N–H and O–H groups in total. The summed E-state index contributed by atoms with van der Waals surface area (Å²) in [7, 11) is 0. The topological polar surface area (TPSA) is 41.1 Å². The Morgan fingerprint density at radius 1 is 1.25 bits per heavy atom. The summed E-state index contributed by atoms with van der Waals surface area (Å²) in [6.07, 6.45) is 8.51. The summed E-state index contributed by atoms with van der Waals surface area (Å²) in [4.78, 5) is 12.1. The minimum Gasteiger partial charge on any atom is -0.356 e. The number of nitrogens with one attached hydrogen (secondary N) is 2. The number of carbonyl (C=O) groups is 1. The predicted octanol–water partition coefficient (Wildman–Crippen LogP) is 2.95. The van der Waals surface area contributed by atoms with Crippen LogP contribution in [0.1, 0.15) is 58.8 Å². The molecule has 2 rings (SSSR count). The molecule has 1 amide bonds. The number of amides is 1. The molecule has 2 unspecified atom stereocenters. The number of rotatable bonds is 5. The lowest BCUT2D eigenvalue weighted by molar-refractivity contribution is -0.122. The van der Waals surface area contributed by atoms with Crippen LogP contribution in [0.15, 0.2) is 0 Å². The molecule has 0 aromatic rings. The summed E-state index contributed by atoms with van der Waals surface area (Å²) in [5.74, 6) is 3.07. The van der Waals surface area contributed by atoms with E-state index in [1.807, 2.05) is 0 Å². The van der Waals surface area contributed by atoms with Crippen molar-refractivity contribution in [3.63, 3.8) is 0 Å². The first-order chi connectivity index (χ1) is 9.65. The van der Waals surface area contributed by atoms with Crippen LogP contribution in [-0.2, 0) is 4.79 Å². The molecule has 0 aromatic heterocycles. The van der Waals surface area contributed by atoms with E-state index in [4.69, 9.17) is 0 Å². The second-order valence-electron chi connectivity index (χ2n) is 7.22. The Labute approximate surface area is 124 Å². The van der Waals surface area contributed by atoms with E-state index < -0.39 is 0 Å². The van der Waals surface area contributed by atoms with Gasteiger partial charge in [-0.15, -0.1) is 0 Å². The largest absolute Gasteiger partial charge is 0.356 e.